The number of hydrogen-bond donors (Lipinski definition) is 2. The fraction of sp³-hybridized carbons (Fsp3) is 0. The Morgan fingerprint density at radius 2 is 1.89 bits per heavy atom. The Balaban J connectivity index is 2.28. The number of nitrogens with zero attached hydrogens (tertiary/aromatic N) is 2. The molecule has 0 radical (unpaired) electrons. The van der Waals surface area contributed by atoms with Crippen molar-refractivity contribution in [1.29, 1.82) is 0 Å². The summed E-state index contributed by atoms with van der Waals surface area (Å²) in [7, 11) is 0. The highest BCUT2D eigenvalue weighted by Gasteiger charge is 2.14. The molecule has 0 aliphatic carbocycles. The minimum Gasteiger partial charge on any atom is -0.396 e. The summed E-state index contributed by atoms with van der Waals surface area (Å²) in [6, 6.07) is 3.58. The average Bonchev–Trinajstić information content (AvgIpc) is 2.37. The molecule has 1 aromatic carbocycles. The maximum absolute atomic E-state index is 13.0. The fourth-order valence-electron chi connectivity index (χ4n) is 1.32. The van der Waals surface area contributed by atoms with E-state index in [2.05, 4.69) is 15.3 Å². The molecule has 0 bridgehead atoms. The van der Waals surface area contributed by atoms with Gasteiger partial charge in [0.25, 0.3) is 5.91 Å². The van der Waals surface area contributed by atoms with Gasteiger partial charge in [0.15, 0.2) is 10.3 Å². The first-order valence-electron chi connectivity index (χ1n) is 5.01. The van der Waals surface area contributed by atoms with Gasteiger partial charge < -0.3 is 11.1 Å². The van der Waals surface area contributed by atoms with E-state index in [0.29, 0.717) is 0 Å². The summed E-state index contributed by atoms with van der Waals surface area (Å²) in [6.07, 6.45) is 1.16. The Hall–Kier alpha value is -1.92. The second-order valence-corrected chi connectivity index (χ2v) is 4.24. The Kier molecular flexibility index (Phi) is 3.82. The first-order valence-corrected chi connectivity index (χ1v) is 5.77. The van der Waals surface area contributed by atoms with Crippen molar-refractivity contribution in [1.82, 2.24) is 9.97 Å². The Labute approximate surface area is 117 Å². The highest BCUT2D eigenvalue weighted by Crippen LogP contribution is 2.26. The smallest absolute Gasteiger partial charge is 0.255 e. The molecule has 0 unspecified atom stereocenters. The first kappa shape index (κ1) is 13.5. The number of nitrogen functional groups attached to an aromatic ring is 1. The molecule has 5 nitrogen and oxygen atoms in total. The standard InChI is InChI=1S/C11H7Cl2FN4O/c12-9-8(10(13)17-4-16-9)18-11(19)5-1-2-6(14)7(15)3-5/h1-4H,15H2,(H,18,19). The third-order valence-electron chi connectivity index (χ3n) is 2.25. The summed E-state index contributed by atoms with van der Waals surface area (Å²) >= 11 is 11.6. The van der Waals surface area contributed by atoms with Crippen LogP contribution in [0.15, 0.2) is 24.5 Å². The number of rotatable bonds is 2. The third-order valence-corrected chi connectivity index (χ3v) is 2.82. The molecule has 2 rings (SSSR count). The molecule has 1 heterocycles. The summed E-state index contributed by atoms with van der Waals surface area (Å²) in [5.74, 6) is -1.15. The molecule has 19 heavy (non-hydrogen) atoms. The van der Waals surface area contributed by atoms with Gasteiger partial charge >= 0.3 is 0 Å². The van der Waals surface area contributed by atoms with Crippen molar-refractivity contribution in [2.45, 2.75) is 0 Å². The van der Waals surface area contributed by atoms with Gasteiger partial charge in [0.1, 0.15) is 17.8 Å². The molecule has 0 aliphatic heterocycles. The molecular weight excluding hydrogens is 294 g/mol. The van der Waals surface area contributed by atoms with Crippen LogP contribution in [0.5, 0.6) is 0 Å². The highest BCUT2D eigenvalue weighted by atomic mass is 35.5. The van der Waals surface area contributed by atoms with E-state index < -0.39 is 11.7 Å². The largest absolute Gasteiger partial charge is 0.396 e. The predicted molar refractivity (Wildman–Crippen MR) is 70.8 cm³/mol. The van der Waals surface area contributed by atoms with Crippen LogP contribution in [-0.2, 0) is 0 Å². The lowest BCUT2D eigenvalue weighted by Crippen LogP contribution is -2.14. The van der Waals surface area contributed by atoms with Crippen molar-refractivity contribution in [3.63, 3.8) is 0 Å². The van der Waals surface area contributed by atoms with Crippen LogP contribution in [0.25, 0.3) is 0 Å². The Morgan fingerprint density at radius 1 is 1.26 bits per heavy atom. The van der Waals surface area contributed by atoms with Crippen LogP contribution in [0, 0.1) is 5.82 Å². The summed E-state index contributed by atoms with van der Waals surface area (Å²) in [4.78, 5) is 19.3. The maximum Gasteiger partial charge on any atom is 0.255 e. The van der Waals surface area contributed by atoms with E-state index in [4.69, 9.17) is 28.9 Å². The van der Waals surface area contributed by atoms with Gasteiger partial charge in [-0.25, -0.2) is 14.4 Å². The third kappa shape index (κ3) is 2.91. The molecule has 0 spiro atoms. The Morgan fingerprint density at radius 3 is 2.47 bits per heavy atom. The van der Waals surface area contributed by atoms with Crippen LogP contribution in [-0.4, -0.2) is 15.9 Å². The van der Waals surface area contributed by atoms with Crippen molar-refractivity contribution < 1.29 is 9.18 Å². The maximum atomic E-state index is 13.0. The summed E-state index contributed by atoms with van der Waals surface area (Å²) < 4.78 is 13.0. The van der Waals surface area contributed by atoms with E-state index >= 15 is 0 Å². The minimum atomic E-state index is -0.601. The molecule has 2 aromatic rings. The Bertz CT molecular complexity index is 630. The van der Waals surface area contributed by atoms with E-state index in [1.54, 1.807) is 0 Å². The fourth-order valence-corrected chi connectivity index (χ4v) is 1.73. The summed E-state index contributed by atoms with van der Waals surface area (Å²) in [5, 5.41) is 2.44. The van der Waals surface area contributed by atoms with E-state index in [1.165, 1.54) is 12.1 Å². The molecule has 0 aliphatic rings. The number of nitrogens with two attached hydrogens (primary N) is 1. The van der Waals surface area contributed by atoms with Crippen LogP contribution in [0.2, 0.25) is 10.3 Å². The van der Waals surface area contributed by atoms with Gasteiger partial charge in [-0.05, 0) is 18.2 Å². The van der Waals surface area contributed by atoms with Crippen molar-refractivity contribution in [3.05, 3.63) is 46.2 Å². The SMILES string of the molecule is Nc1cc(C(=O)Nc2c(Cl)ncnc2Cl)ccc1F. The second kappa shape index (κ2) is 5.38. The summed E-state index contributed by atoms with van der Waals surface area (Å²) in [6.45, 7) is 0. The van der Waals surface area contributed by atoms with Crippen molar-refractivity contribution >= 4 is 40.5 Å². The number of aromatic nitrogens is 2. The molecule has 0 saturated carbocycles. The number of amides is 1. The lowest BCUT2D eigenvalue weighted by atomic mass is 10.2. The van der Waals surface area contributed by atoms with Crippen LogP contribution < -0.4 is 11.1 Å². The zero-order chi connectivity index (χ0) is 14.0. The number of anilines is 2. The van der Waals surface area contributed by atoms with Crippen LogP contribution in [0.1, 0.15) is 10.4 Å². The van der Waals surface area contributed by atoms with Crippen LogP contribution >= 0.6 is 23.2 Å². The normalized spacial score (nSPS) is 10.3. The molecular formula is C11H7Cl2FN4O. The van der Waals surface area contributed by atoms with E-state index in [1.807, 2.05) is 0 Å². The number of benzene rings is 1. The lowest BCUT2D eigenvalue weighted by molar-refractivity contribution is 0.102. The first-order chi connectivity index (χ1) is 8.99. The van der Waals surface area contributed by atoms with Crippen molar-refractivity contribution in [3.8, 4) is 0 Å². The molecule has 0 saturated heterocycles. The van der Waals surface area contributed by atoms with Crippen molar-refractivity contribution in [2.24, 2.45) is 0 Å². The number of nitrogens with one attached hydrogen (secondary N) is 1. The average molecular weight is 301 g/mol. The van der Waals surface area contributed by atoms with E-state index in [0.717, 1.165) is 12.4 Å². The number of carbonyl (C=O) groups excluding carboxylic acids is 1. The van der Waals surface area contributed by atoms with Gasteiger partial charge in [-0.15, -0.1) is 0 Å². The molecule has 1 amide bonds. The van der Waals surface area contributed by atoms with Gasteiger partial charge in [-0.3, -0.25) is 4.79 Å². The van der Waals surface area contributed by atoms with Crippen LogP contribution in [0.3, 0.4) is 0 Å². The summed E-state index contributed by atoms with van der Waals surface area (Å²) in [5.41, 5.74) is 5.49. The lowest BCUT2D eigenvalue weighted by Gasteiger charge is -2.08. The van der Waals surface area contributed by atoms with Gasteiger partial charge in [0.05, 0.1) is 5.69 Å². The highest BCUT2D eigenvalue weighted by molar-refractivity contribution is 6.38. The predicted octanol–water partition coefficient (Wildman–Crippen LogP) is 2.76. The molecule has 3 N–H and O–H groups in total. The van der Waals surface area contributed by atoms with E-state index in [9.17, 15) is 9.18 Å². The zero-order valence-electron chi connectivity index (χ0n) is 9.32. The number of carbonyl (C=O) groups is 1. The van der Waals surface area contributed by atoms with Gasteiger partial charge in [0.2, 0.25) is 0 Å². The van der Waals surface area contributed by atoms with E-state index in [-0.39, 0.29) is 27.2 Å². The molecule has 98 valence electrons. The van der Waals surface area contributed by atoms with Crippen molar-refractivity contribution in [2.75, 3.05) is 11.1 Å². The van der Waals surface area contributed by atoms with Gasteiger partial charge in [-0.1, -0.05) is 23.2 Å². The zero-order valence-corrected chi connectivity index (χ0v) is 10.8. The monoisotopic (exact) mass is 300 g/mol. The van der Waals surface area contributed by atoms with Gasteiger partial charge in [-0.2, -0.15) is 0 Å². The number of halogens is 3. The quantitative estimate of drug-likeness (QED) is 0.660. The van der Waals surface area contributed by atoms with Crippen LogP contribution in [0.4, 0.5) is 15.8 Å². The molecule has 1 aromatic heterocycles. The van der Waals surface area contributed by atoms with Gasteiger partial charge in [0, 0.05) is 5.56 Å². The second-order valence-electron chi connectivity index (χ2n) is 3.52. The topological polar surface area (TPSA) is 80.9 Å². The molecule has 0 fully saturated rings. The number of hydrogen-bond acceptors (Lipinski definition) is 4. The molecule has 0 atom stereocenters. The minimum absolute atomic E-state index is 0.00318. The molecule has 8 heteroatoms.